The lowest BCUT2D eigenvalue weighted by atomic mass is 9.48. The predicted molar refractivity (Wildman–Crippen MR) is 109 cm³/mol. The fourth-order valence-electron chi connectivity index (χ4n) is 5.33. The highest BCUT2D eigenvalue weighted by molar-refractivity contribution is 6.09. The van der Waals surface area contributed by atoms with E-state index in [2.05, 4.69) is 31.8 Å². The summed E-state index contributed by atoms with van der Waals surface area (Å²) in [5, 5.41) is 9.43. The Bertz CT molecular complexity index is 905. The van der Waals surface area contributed by atoms with Crippen molar-refractivity contribution >= 4 is 11.6 Å². The van der Waals surface area contributed by atoms with Crippen molar-refractivity contribution in [3.05, 3.63) is 34.9 Å². The summed E-state index contributed by atoms with van der Waals surface area (Å²) < 4.78 is 0. The topological polar surface area (TPSA) is 83.9 Å². The van der Waals surface area contributed by atoms with E-state index >= 15 is 0 Å². The first-order chi connectivity index (χ1) is 13.3. The first kappa shape index (κ1) is 20.3. The Morgan fingerprint density at radius 2 is 2.07 bits per heavy atom. The largest absolute Gasteiger partial charge is 0.330 e. The van der Waals surface area contributed by atoms with Gasteiger partial charge < -0.3 is 5.73 Å². The number of Topliss-reactive ketones (excluding diaryl/α,β-unsaturated/α-hetero) is 1. The van der Waals surface area contributed by atoms with Gasteiger partial charge in [0, 0.05) is 24.3 Å². The van der Waals surface area contributed by atoms with Gasteiger partial charge >= 0.3 is 0 Å². The monoisotopic (exact) mass is 376 g/mol. The molecule has 3 aliphatic rings. The van der Waals surface area contributed by atoms with Crippen molar-refractivity contribution in [1.82, 2.24) is 0 Å². The maximum atomic E-state index is 12.9. The second-order valence-corrected chi connectivity index (χ2v) is 8.40. The van der Waals surface area contributed by atoms with Gasteiger partial charge in [0.05, 0.1) is 11.0 Å². The van der Waals surface area contributed by atoms with Gasteiger partial charge in [0.2, 0.25) is 0 Å². The molecule has 0 amide bonds. The number of carbonyl (C=O) groups is 2. The van der Waals surface area contributed by atoms with Crippen LogP contribution < -0.4 is 5.73 Å². The molecular formula is C24H28N2O2. The highest BCUT2D eigenvalue weighted by atomic mass is 16.1. The molecule has 0 spiro atoms. The zero-order valence-corrected chi connectivity index (χ0v) is 17.0. The average Bonchev–Trinajstić information content (AvgIpc) is 2.67. The van der Waals surface area contributed by atoms with Crippen molar-refractivity contribution < 1.29 is 9.59 Å². The van der Waals surface area contributed by atoms with E-state index in [1.54, 1.807) is 12.2 Å². The van der Waals surface area contributed by atoms with Gasteiger partial charge in [0.25, 0.3) is 0 Å². The minimum absolute atomic E-state index is 0.0797. The van der Waals surface area contributed by atoms with Gasteiger partial charge in [-0.3, -0.25) is 9.59 Å². The van der Waals surface area contributed by atoms with Gasteiger partial charge in [-0.05, 0) is 48.5 Å². The summed E-state index contributed by atoms with van der Waals surface area (Å²) in [6.45, 7) is 6.70. The summed E-state index contributed by atoms with van der Waals surface area (Å²) in [5.74, 6) is 6.56. The van der Waals surface area contributed by atoms with Crippen LogP contribution in [0, 0.1) is 45.8 Å². The van der Waals surface area contributed by atoms with Crippen LogP contribution in [-0.2, 0) is 9.59 Å². The summed E-state index contributed by atoms with van der Waals surface area (Å²) in [4.78, 5) is 25.5. The normalized spacial score (nSPS) is 34.0. The Labute approximate surface area is 167 Å². The fraction of sp³-hybridized carbons (Fsp3) is 0.542. The molecular weight excluding hydrogens is 348 g/mol. The molecule has 0 radical (unpaired) electrons. The number of carbonyl (C=O) groups excluding carboxylic acids is 2. The van der Waals surface area contributed by atoms with Crippen molar-refractivity contribution in [2.24, 2.45) is 28.4 Å². The summed E-state index contributed by atoms with van der Waals surface area (Å²) in [5.41, 5.74) is 6.53. The van der Waals surface area contributed by atoms with Gasteiger partial charge in [-0.25, -0.2) is 0 Å². The molecule has 0 aromatic carbocycles. The molecule has 4 heteroatoms. The van der Waals surface area contributed by atoms with Crippen LogP contribution in [0.25, 0.3) is 0 Å². The van der Waals surface area contributed by atoms with Crippen LogP contribution in [-0.4, -0.2) is 18.1 Å². The van der Waals surface area contributed by atoms with Crippen molar-refractivity contribution in [2.75, 3.05) is 6.54 Å². The highest BCUT2D eigenvalue weighted by Crippen LogP contribution is 2.60. The summed E-state index contributed by atoms with van der Waals surface area (Å²) in [6, 6.07) is 2.04. The molecule has 4 nitrogen and oxygen atoms in total. The van der Waals surface area contributed by atoms with Crippen LogP contribution in [0.3, 0.4) is 0 Å². The number of nitriles is 1. The maximum absolute atomic E-state index is 12.9. The quantitative estimate of drug-likeness (QED) is 0.762. The number of hydrogen-bond donors (Lipinski definition) is 1. The van der Waals surface area contributed by atoms with Crippen LogP contribution in [0.4, 0.5) is 0 Å². The molecule has 4 unspecified atom stereocenters. The van der Waals surface area contributed by atoms with Crippen LogP contribution >= 0.6 is 0 Å². The number of fused-ring (bicyclic) bond motifs is 3. The molecule has 3 rings (SSSR count). The number of nitrogens with zero attached hydrogens (tertiary/aromatic N) is 1. The molecule has 3 aliphatic carbocycles. The number of ketones is 2. The maximum Gasteiger partial charge on any atom is 0.196 e. The molecule has 0 saturated heterocycles. The van der Waals surface area contributed by atoms with E-state index in [9.17, 15) is 14.9 Å². The Morgan fingerprint density at radius 3 is 2.71 bits per heavy atom. The summed E-state index contributed by atoms with van der Waals surface area (Å²) in [6.07, 6.45) is 9.27. The molecule has 1 fully saturated rings. The van der Waals surface area contributed by atoms with E-state index in [-0.39, 0.29) is 29.0 Å². The lowest BCUT2D eigenvalue weighted by molar-refractivity contribution is -0.123. The molecule has 0 heterocycles. The smallest absolute Gasteiger partial charge is 0.196 e. The van der Waals surface area contributed by atoms with Crippen molar-refractivity contribution in [3.63, 3.8) is 0 Å². The third-order valence-electron chi connectivity index (χ3n) is 6.64. The minimum atomic E-state index is -0.632. The fourth-order valence-corrected chi connectivity index (χ4v) is 5.33. The standard InChI is InChI=1S/C24H28N2O2/c1-4-7-17-13-23(3)19(16(2)22(17)28)8-10-24(9-5-6-11-25)14-18(15-26)20(27)12-21(23)24/h12-14,16,19H,4,6-8,10-11,25H2,1-3H3. The molecule has 0 bridgehead atoms. The van der Waals surface area contributed by atoms with Gasteiger partial charge in [-0.1, -0.05) is 39.2 Å². The predicted octanol–water partition coefficient (Wildman–Crippen LogP) is 3.65. The third kappa shape index (κ3) is 3.07. The average molecular weight is 377 g/mol. The SMILES string of the molecule is CCCC1=CC2(C)C3=CC(=O)C(C#N)=CC3(C#CCCN)CCC2C(C)C1=O. The molecule has 28 heavy (non-hydrogen) atoms. The zero-order valence-electron chi connectivity index (χ0n) is 17.0. The Balaban J connectivity index is 2.21. The number of hydrogen-bond acceptors (Lipinski definition) is 4. The van der Waals surface area contributed by atoms with Gasteiger partial charge in [0.15, 0.2) is 11.6 Å². The number of nitrogens with two attached hydrogens (primary N) is 1. The second-order valence-electron chi connectivity index (χ2n) is 8.40. The first-order valence-electron chi connectivity index (χ1n) is 10.2. The van der Waals surface area contributed by atoms with Gasteiger partial charge in [0.1, 0.15) is 6.07 Å². The van der Waals surface area contributed by atoms with Gasteiger partial charge in [-0.15, -0.1) is 5.92 Å². The second kappa shape index (κ2) is 7.53. The van der Waals surface area contributed by atoms with Crippen LogP contribution in [0.2, 0.25) is 0 Å². The number of rotatable bonds is 3. The van der Waals surface area contributed by atoms with E-state index in [0.29, 0.717) is 19.4 Å². The van der Waals surface area contributed by atoms with E-state index in [4.69, 9.17) is 5.73 Å². The summed E-state index contributed by atoms with van der Waals surface area (Å²) >= 11 is 0. The Morgan fingerprint density at radius 1 is 1.32 bits per heavy atom. The van der Waals surface area contributed by atoms with E-state index in [1.807, 2.05) is 13.0 Å². The third-order valence-corrected chi connectivity index (χ3v) is 6.64. The Kier molecular flexibility index (Phi) is 5.46. The molecule has 4 atom stereocenters. The summed E-state index contributed by atoms with van der Waals surface area (Å²) in [7, 11) is 0. The lowest BCUT2D eigenvalue weighted by Crippen LogP contribution is -2.49. The van der Waals surface area contributed by atoms with E-state index in [0.717, 1.165) is 30.4 Å². The molecule has 0 aliphatic heterocycles. The molecule has 0 aromatic rings. The molecule has 1 saturated carbocycles. The van der Waals surface area contributed by atoms with E-state index in [1.165, 1.54) is 0 Å². The number of allylic oxidation sites excluding steroid dienone is 6. The molecule has 2 N–H and O–H groups in total. The van der Waals surface area contributed by atoms with Crippen molar-refractivity contribution in [1.29, 1.82) is 5.26 Å². The highest BCUT2D eigenvalue weighted by Gasteiger charge is 2.55. The molecule has 0 aromatic heterocycles. The first-order valence-corrected chi connectivity index (χ1v) is 10.2. The lowest BCUT2D eigenvalue weighted by Gasteiger charge is -2.54. The van der Waals surface area contributed by atoms with Crippen LogP contribution in [0.1, 0.15) is 52.9 Å². The van der Waals surface area contributed by atoms with Gasteiger partial charge in [-0.2, -0.15) is 5.26 Å². The minimum Gasteiger partial charge on any atom is -0.330 e. The van der Waals surface area contributed by atoms with Crippen LogP contribution in [0.5, 0.6) is 0 Å². The van der Waals surface area contributed by atoms with E-state index < -0.39 is 10.8 Å². The zero-order chi connectivity index (χ0) is 20.5. The van der Waals surface area contributed by atoms with Crippen LogP contribution in [0.15, 0.2) is 34.9 Å². The van der Waals surface area contributed by atoms with Crippen molar-refractivity contribution in [2.45, 2.75) is 52.9 Å². The Hall–Kier alpha value is -2.43. The van der Waals surface area contributed by atoms with Crippen molar-refractivity contribution in [3.8, 4) is 17.9 Å². The molecule has 146 valence electrons.